The first-order chi connectivity index (χ1) is 8.93. The van der Waals surface area contributed by atoms with E-state index in [0.717, 1.165) is 0 Å². The van der Waals surface area contributed by atoms with Crippen molar-refractivity contribution in [1.82, 2.24) is 4.98 Å². The van der Waals surface area contributed by atoms with E-state index in [-0.39, 0.29) is 0 Å². The third-order valence-corrected chi connectivity index (χ3v) is 3.02. The Hall–Kier alpha value is -1.37. The first kappa shape index (κ1) is 14.7. The third kappa shape index (κ3) is 7.83. The van der Waals surface area contributed by atoms with Gasteiger partial charge in [-0.2, -0.15) is 0 Å². The maximum atomic E-state index is 4.09. The molecule has 0 aliphatic heterocycles. The number of allylic oxidation sites excluding steroid dienone is 2. The summed E-state index contributed by atoms with van der Waals surface area (Å²) >= 11 is 0. The van der Waals surface area contributed by atoms with Crippen molar-refractivity contribution in [3.05, 3.63) is 48.8 Å². The van der Waals surface area contributed by atoms with Gasteiger partial charge in [-0.1, -0.05) is 50.0 Å². The molecule has 1 aromatic heterocycles. The highest BCUT2D eigenvalue weighted by Gasteiger charge is 1.90. The van der Waals surface area contributed by atoms with Crippen LogP contribution in [0.4, 0.5) is 0 Å². The standard InChI is InChI=1S/C17H25N/c1-2-3-4-5-6-7-8-9-10-11-13-17-14-12-15-18-16-17/h2,11-16H,1,3-10H2/b13-11+. The maximum Gasteiger partial charge on any atom is 0.0340 e. The number of rotatable bonds is 10. The summed E-state index contributed by atoms with van der Waals surface area (Å²) in [7, 11) is 0. The van der Waals surface area contributed by atoms with Crippen molar-refractivity contribution in [3.63, 3.8) is 0 Å². The lowest BCUT2D eigenvalue weighted by Crippen LogP contribution is -1.79. The largest absolute Gasteiger partial charge is 0.264 e. The van der Waals surface area contributed by atoms with E-state index in [9.17, 15) is 0 Å². The Morgan fingerprint density at radius 1 is 1.00 bits per heavy atom. The lowest BCUT2D eigenvalue weighted by molar-refractivity contribution is 0.600. The van der Waals surface area contributed by atoms with E-state index in [1.165, 1.54) is 56.9 Å². The second-order valence-corrected chi connectivity index (χ2v) is 4.68. The van der Waals surface area contributed by atoms with E-state index in [0.29, 0.717) is 0 Å². The van der Waals surface area contributed by atoms with Crippen LogP contribution < -0.4 is 0 Å². The molecule has 0 fully saturated rings. The van der Waals surface area contributed by atoms with Crippen molar-refractivity contribution in [2.24, 2.45) is 0 Å². The summed E-state index contributed by atoms with van der Waals surface area (Å²) in [5.41, 5.74) is 1.20. The van der Waals surface area contributed by atoms with Crippen molar-refractivity contribution in [3.8, 4) is 0 Å². The van der Waals surface area contributed by atoms with Gasteiger partial charge in [0, 0.05) is 12.4 Å². The lowest BCUT2D eigenvalue weighted by Gasteiger charge is -1.99. The minimum absolute atomic E-state index is 1.17. The van der Waals surface area contributed by atoms with Gasteiger partial charge in [-0.05, 0) is 37.3 Å². The van der Waals surface area contributed by atoms with Crippen LogP contribution in [0.1, 0.15) is 56.9 Å². The number of pyridine rings is 1. The van der Waals surface area contributed by atoms with Crippen LogP contribution in [0.3, 0.4) is 0 Å². The third-order valence-electron chi connectivity index (χ3n) is 3.02. The maximum absolute atomic E-state index is 4.09. The summed E-state index contributed by atoms with van der Waals surface area (Å²) in [4.78, 5) is 4.09. The summed E-state index contributed by atoms with van der Waals surface area (Å²) in [6.45, 7) is 3.74. The Morgan fingerprint density at radius 3 is 2.39 bits per heavy atom. The molecule has 0 amide bonds. The van der Waals surface area contributed by atoms with Gasteiger partial charge in [0.15, 0.2) is 0 Å². The average molecular weight is 243 g/mol. The molecule has 0 spiro atoms. The lowest BCUT2D eigenvalue weighted by atomic mass is 10.1. The van der Waals surface area contributed by atoms with Crippen molar-refractivity contribution in [2.45, 2.75) is 51.4 Å². The van der Waals surface area contributed by atoms with E-state index in [4.69, 9.17) is 0 Å². The topological polar surface area (TPSA) is 12.9 Å². The van der Waals surface area contributed by atoms with Crippen LogP contribution in [-0.4, -0.2) is 4.98 Å². The van der Waals surface area contributed by atoms with E-state index < -0.39 is 0 Å². The molecular weight excluding hydrogens is 218 g/mol. The molecule has 1 aromatic rings. The highest BCUT2D eigenvalue weighted by molar-refractivity contribution is 5.46. The molecule has 0 radical (unpaired) electrons. The predicted octanol–water partition coefficient (Wildman–Crippen LogP) is 5.40. The van der Waals surface area contributed by atoms with E-state index in [1.807, 2.05) is 24.5 Å². The van der Waals surface area contributed by atoms with E-state index in [2.05, 4.69) is 29.8 Å². The molecule has 0 saturated heterocycles. The number of nitrogens with zero attached hydrogens (tertiary/aromatic N) is 1. The van der Waals surface area contributed by atoms with Gasteiger partial charge in [-0.15, -0.1) is 6.58 Å². The number of aromatic nitrogens is 1. The van der Waals surface area contributed by atoms with E-state index >= 15 is 0 Å². The molecule has 0 aliphatic rings. The fourth-order valence-electron chi connectivity index (χ4n) is 1.95. The van der Waals surface area contributed by atoms with Crippen molar-refractivity contribution in [2.75, 3.05) is 0 Å². The zero-order valence-electron chi connectivity index (χ0n) is 11.4. The molecule has 98 valence electrons. The highest BCUT2D eigenvalue weighted by Crippen LogP contribution is 2.09. The summed E-state index contributed by atoms with van der Waals surface area (Å²) in [6, 6.07) is 4.06. The molecule has 0 unspecified atom stereocenters. The fourth-order valence-corrected chi connectivity index (χ4v) is 1.95. The van der Waals surface area contributed by atoms with Gasteiger partial charge < -0.3 is 0 Å². The molecule has 18 heavy (non-hydrogen) atoms. The average Bonchev–Trinajstić information content (AvgIpc) is 2.42. The van der Waals surface area contributed by atoms with Gasteiger partial charge >= 0.3 is 0 Å². The van der Waals surface area contributed by atoms with Gasteiger partial charge in [0.05, 0.1) is 0 Å². The molecule has 1 heterocycles. The molecule has 0 atom stereocenters. The van der Waals surface area contributed by atoms with Crippen LogP contribution >= 0.6 is 0 Å². The van der Waals surface area contributed by atoms with Crippen LogP contribution in [0.25, 0.3) is 6.08 Å². The molecule has 1 rings (SSSR count). The molecule has 1 nitrogen and oxygen atoms in total. The molecule has 0 N–H and O–H groups in total. The van der Waals surface area contributed by atoms with Crippen LogP contribution in [0, 0.1) is 0 Å². The molecule has 0 aliphatic carbocycles. The zero-order chi connectivity index (χ0) is 12.9. The fraction of sp³-hybridized carbons (Fsp3) is 0.471. The molecule has 1 heteroatoms. The first-order valence-corrected chi connectivity index (χ1v) is 7.11. The Kier molecular flexibility index (Phi) is 8.78. The molecule has 0 saturated carbocycles. The normalized spacial score (nSPS) is 10.9. The minimum atomic E-state index is 1.17. The second kappa shape index (κ2) is 10.8. The van der Waals surface area contributed by atoms with Gasteiger partial charge in [0.1, 0.15) is 0 Å². The molecule has 0 aromatic carbocycles. The zero-order valence-corrected chi connectivity index (χ0v) is 11.4. The first-order valence-electron chi connectivity index (χ1n) is 7.11. The van der Waals surface area contributed by atoms with Crippen LogP contribution in [0.5, 0.6) is 0 Å². The molecular formula is C17H25N. The minimum Gasteiger partial charge on any atom is -0.264 e. The smallest absolute Gasteiger partial charge is 0.0340 e. The number of hydrogen-bond donors (Lipinski definition) is 0. The van der Waals surface area contributed by atoms with Crippen molar-refractivity contribution >= 4 is 6.08 Å². The monoisotopic (exact) mass is 243 g/mol. The Bertz CT molecular complexity index is 327. The second-order valence-electron chi connectivity index (χ2n) is 4.68. The summed E-state index contributed by atoms with van der Waals surface area (Å²) < 4.78 is 0. The predicted molar refractivity (Wildman–Crippen MR) is 80.4 cm³/mol. The summed E-state index contributed by atoms with van der Waals surface area (Å²) in [6.07, 6.45) is 20.6. The van der Waals surface area contributed by atoms with Gasteiger partial charge in [-0.25, -0.2) is 0 Å². The number of unbranched alkanes of at least 4 members (excludes halogenated alkanes) is 7. The number of hydrogen-bond acceptors (Lipinski definition) is 1. The summed E-state index contributed by atoms with van der Waals surface area (Å²) in [5, 5.41) is 0. The van der Waals surface area contributed by atoms with Crippen molar-refractivity contribution in [1.29, 1.82) is 0 Å². The van der Waals surface area contributed by atoms with Crippen LogP contribution in [0.2, 0.25) is 0 Å². The van der Waals surface area contributed by atoms with E-state index in [1.54, 1.807) is 0 Å². The van der Waals surface area contributed by atoms with Crippen LogP contribution in [-0.2, 0) is 0 Å². The Labute approximate surface area is 112 Å². The van der Waals surface area contributed by atoms with Gasteiger partial charge in [-0.3, -0.25) is 4.98 Å². The van der Waals surface area contributed by atoms with Crippen molar-refractivity contribution < 1.29 is 0 Å². The summed E-state index contributed by atoms with van der Waals surface area (Å²) in [5.74, 6) is 0. The Balaban J connectivity index is 1.92. The highest BCUT2D eigenvalue weighted by atomic mass is 14.6. The Morgan fingerprint density at radius 2 is 1.72 bits per heavy atom. The van der Waals surface area contributed by atoms with Gasteiger partial charge in [0.2, 0.25) is 0 Å². The van der Waals surface area contributed by atoms with Gasteiger partial charge in [0.25, 0.3) is 0 Å². The molecule has 0 bridgehead atoms. The SMILES string of the molecule is C=CCCCCCCCC/C=C/c1cccnc1. The quantitative estimate of drug-likeness (QED) is 0.396. The van der Waals surface area contributed by atoms with Crippen LogP contribution in [0.15, 0.2) is 43.3 Å².